The fourth-order valence-electron chi connectivity index (χ4n) is 3.01. The third kappa shape index (κ3) is 4.02. The fraction of sp³-hybridized carbons (Fsp3) is 0.190. The molecule has 2 aromatic heterocycles. The minimum Gasteiger partial charge on any atom is -0.453 e. The van der Waals surface area contributed by atoms with Crippen molar-refractivity contribution >= 4 is 45.9 Å². The summed E-state index contributed by atoms with van der Waals surface area (Å²) >= 11 is 7.45. The van der Waals surface area contributed by atoms with Crippen LogP contribution in [0.2, 0.25) is 5.02 Å². The molecule has 0 radical (unpaired) electrons. The van der Waals surface area contributed by atoms with Crippen molar-refractivity contribution in [2.24, 2.45) is 0 Å². The number of fused-ring (bicyclic) bond motifs is 1. The van der Waals surface area contributed by atoms with E-state index < -0.39 is 0 Å². The summed E-state index contributed by atoms with van der Waals surface area (Å²) in [7, 11) is 0. The number of aromatic nitrogens is 3. The van der Waals surface area contributed by atoms with Gasteiger partial charge in [-0.2, -0.15) is 0 Å². The second-order valence-electron chi connectivity index (χ2n) is 6.45. The Morgan fingerprint density at radius 1 is 1.21 bits per heavy atom. The van der Waals surface area contributed by atoms with Crippen LogP contribution in [-0.2, 0) is 11.3 Å². The molecule has 0 aliphatic carbocycles. The van der Waals surface area contributed by atoms with Crippen molar-refractivity contribution in [3.63, 3.8) is 0 Å². The van der Waals surface area contributed by atoms with Gasteiger partial charge in [0.05, 0.1) is 5.75 Å². The first-order valence-electron chi connectivity index (χ1n) is 9.16. The maximum atomic E-state index is 12.4. The van der Waals surface area contributed by atoms with E-state index in [1.165, 1.54) is 11.8 Å². The maximum Gasteiger partial charge on any atom is 0.234 e. The Morgan fingerprint density at radius 3 is 2.83 bits per heavy atom. The lowest BCUT2D eigenvalue weighted by atomic mass is 10.2. The van der Waals surface area contributed by atoms with E-state index in [4.69, 9.17) is 16.0 Å². The standard InChI is InChI=1S/C21H19ClN4O2S/c1-3-26-20(18-11-14-7-4-5-10-17(14)28-18)24-25-21(26)29-12-19(27)23-16-9-6-8-15(22)13(16)2/h4-11H,3,12H2,1-2H3,(H,23,27). The van der Waals surface area contributed by atoms with Crippen molar-refractivity contribution < 1.29 is 9.21 Å². The number of hydrogen-bond acceptors (Lipinski definition) is 5. The third-order valence-electron chi connectivity index (χ3n) is 4.55. The number of nitrogens with one attached hydrogen (secondary N) is 1. The van der Waals surface area contributed by atoms with Gasteiger partial charge in [-0.05, 0) is 43.7 Å². The molecule has 0 aliphatic rings. The van der Waals surface area contributed by atoms with E-state index in [9.17, 15) is 4.79 Å². The number of para-hydroxylation sites is 1. The molecule has 0 aliphatic heterocycles. The molecule has 0 unspecified atom stereocenters. The summed E-state index contributed by atoms with van der Waals surface area (Å²) in [6.07, 6.45) is 0. The highest BCUT2D eigenvalue weighted by molar-refractivity contribution is 7.99. The van der Waals surface area contributed by atoms with Gasteiger partial charge in [0.25, 0.3) is 0 Å². The molecule has 0 bridgehead atoms. The van der Waals surface area contributed by atoms with Crippen LogP contribution >= 0.6 is 23.4 Å². The van der Waals surface area contributed by atoms with E-state index >= 15 is 0 Å². The second kappa shape index (κ2) is 8.31. The van der Waals surface area contributed by atoms with Crippen LogP contribution in [0.25, 0.3) is 22.6 Å². The minimum absolute atomic E-state index is 0.128. The number of carbonyl (C=O) groups is 1. The van der Waals surface area contributed by atoms with Crippen molar-refractivity contribution in [2.45, 2.75) is 25.5 Å². The highest BCUT2D eigenvalue weighted by Crippen LogP contribution is 2.29. The molecule has 29 heavy (non-hydrogen) atoms. The number of thioether (sulfide) groups is 1. The van der Waals surface area contributed by atoms with Crippen LogP contribution in [0.5, 0.6) is 0 Å². The van der Waals surface area contributed by atoms with Gasteiger partial charge in [0.1, 0.15) is 5.58 Å². The molecule has 0 fully saturated rings. The quantitative estimate of drug-likeness (QED) is 0.417. The number of furan rings is 1. The monoisotopic (exact) mass is 426 g/mol. The van der Waals surface area contributed by atoms with Crippen molar-refractivity contribution in [3.8, 4) is 11.6 Å². The van der Waals surface area contributed by atoms with Crippen LogP contribution in [0.15, 0.2) is 58.1 Å². The smallest absolute Gasteiger partial charge is 0.234 e. The Kier molecular flexibility index (Phi) is 5.60. The summed E-state index contributed by atoms with van der Waals surface area (Å²) in [5.41, 5.74) is 2.36. The molecule has 148 valence electrons. The fourth-order valence-corrected chi connectivity index (χ4v) is 3.99. The van der Waals surface area contributed by atoms with Crippen LogP contribution in [0.1, 0.15) is 12.5 Å². The zero-order valence-corrected chi connectivity index (χ0v) is 17.5. The Labute approximate surface area is 177 Å². The molecule has 6 nitrogen and oxygen atoms in total. The van der Waals surface area contributed by atoms with Gasteiger partial charge in [-0.15, -0.1) is 10.2 Å². The lowest BCUT2D eigenvalue weighted by Gasteiger charge is -2.09. The number of halogens is 1. The van der Waals surface area contributed by atoms with Crippen LogP contribution in [0.4, 0.5) is 5.69 Å². The molecule has 8 heteroatoms. The first-order valence-corrected chi connectivity index (χ1v) is 10.5. The van der Waals surface area contributed by atoms with Gasteiger partial charge in [-0.3, -0.25) is 9.36 Å². The van der Waals surface area contributed by atoms with E-state index in [0.717, 1.165) is 16.5 Å². The first kappa shape index (κ1) is 19.5. The number of anilines is 1. The summed E-state index contributed by atoms with van der Waals surface area (Å²) in [5.74, 6) is 1.39. The number of amides is 1. The zero-order chi connectivity index (χ0) is 20.4. The highest BCUT2D eigenvalue weighted by Gasteiger charge is 2.18. The molecular weight excluding hydrogens is 408 g/mol. The Morgan fingerprint density at radius 2 is 2.03 bits per heavy atom. The van der Waals surface area contributed by atoms with E-state index in [1.54, 1.807) is 6.07 Å². The molecule has 1 N–H and O–H groups in total. The van der Waals surface area contributed by atoms with Crippen LogP contribution in [-0.4, -0.2) is 26.4 Å². The molecular formula is C21H19ClN4O2S. The maximum absolute atomic E-state index is 12.4. The molecule has 0 spiro atoms. The SMILES string of the molecule is CCn1c(SCC(=O)Nc2cccc(Cl)c2C)nnc1-c1cc2ccccc2o1. The topological polar surface area (TPSA) is 73.0 Å². The van der Waals surface area contributed by atoms with E-state index in [-0.39, 0.29) is 11.7 Å². The van der Waals surface area contributed by atoms with Crippen LogP contribution in [0.3, 0.4) is 0 Å². The van der Waals surface area contributed by atoms with E-state index in [2.05, 4.69) is 15.5 Å². The summed E-state index contributed by atoms with van der Waals surface area (Å²) in [4.78, 5) is 12.4. The molecule has 0 saturated carbocycles. The van der Waals surface area contributed by atoms with Gasteiger partial charge in [0.2, 0.25) is 11.7 Å². The van der Waals surface area contributed by atoms with Gasteiger partial charge in [-0.1, -0.05) is 47.6 Å². The Bertz CT molecular complexity index is 1150. The van der Waals surface area contributed by atoms with Gasteiger partial charge >= 0.3 is 0 Å². The minimum atomic E-state index is -0.128. The van der Waals surface area contributed by atoms with Gasteiger partial charge in [0.15, 0.2) is 10.9 Å². The van der Waals surface area contributed by atoms with E-state index in [1.807, 2.05) is 60.9 Å². The predicted molar refractivity (Wildman–Crippen MR) is 116 cm³/mol. The normalized spacial score (nSPS) is 11.1. The van der Waals surface area contributed by atoms with Crippen molar-refractivity contribution in [1.82, 2.24) is 14.8 Å². The summed E-state index contributed by atoms with van der Waals surface area (Å²) < 4.78 is 7.86. The highest BCUT2D eigenvalue weighted by atomic mass is 35.5. The predicted octanol–water partition coefficient (Wildman–Crippen LogP) is 5.40. The number of hydrogen-bond donors (Lipinski definition) is 1. The summed E-state index contributed by atoms with van der Waals surface area (Å²) in [6.45, 7) is 4.55. The lowest BCUT2D eigenvalue weighted by molar-refractivity contribution is -0.113. The van der Waals surface area contributed by atoms with Crippen molar-refractivity contribution in [2.75, 3.05) is 11.1 Å². The number of rotatable bonds is 6. The molecule has 0 atom stereocenters. The molecule has 2 aromatic carbocycles. The molecule has 1 amide bonds. The number of carbonyl (C=O) groups excluding carboxylic acids is 1. The lowest BCUT2D eigenvalue weighted by Crippen LogP contribution is -2.15. The third-order valence-corrected chi connectivity index (χ3v) is 5.93. The summed E-state index contributed by atoms with van der Waals surface area (Å²) in [6, 6.07) is 15.2. The van der Waals surface area contributed by atoms with Crippen molar-refractivity contribution in [3.05, 3.63) is 59.1 Å². The second-order valence-corrected chi connectivity index (χ2v) is 7.80. The van der Waals surface area contributed by atoms with Crippen LogP contribution < -0.4 is 5.32 Å². The van der Waals surface area contributed by atoms with Gasteiger partial charge in [-0.25, -0.2) is 0 Å². The largest absolute Gasteiger partial charge is 0.453 e. The average molecular weight is 427 g/mol. The Balaban J connectivity index is 1.49. The molecule has 2 heterocycles. The summed E-state index contributed by atoms with van der Waals surface area (Å²) in [5, 5.41) is 13.7. The van der Waals surface area contributed by atoms with Crippen molar-refractivity contribution in [1.29, 1.82) is 0 Å². The zero-order valence-electron chi connectivity index (χ0n) is 16.0. The molecule has 0 saturated heterocycles. The first-order chi connectivity index (χ1) is 14.1. The molecule has 4 aromatic rings. The average Bonchev–Trinajstić information content (AvgIpc) is 3.33. The number of benzene rings is 2. The van der Waals surface area contributed by atoms with E-state index in [0.29, 0.717) is 34.0 Å². The Hall–Kier alpha value is -2.77. The van der Waals surface area contributed by atoms with Gasteiger partial charge < -0.3 is 9.73 Å². The molecule has 4 rings (SSSR count). The number of nitrogens with zero attached hydrogens (tertiary/aromatic N) is 3. The van der Waals surface area contributed by atoms with Gasteiger partial charge in [0, 0.05) is 22.6 Å². The van der Waals surface area contributed by atoms with Crippen LogP contribution in [0, 0.1) is 6.92 Å².